The zero-order valence-corrected chi connectivity index (χ0v) is 12.0. The molecule has 0 unspecified atom stereocenters. The Morgan fingerprint density at radius 1 is 1.09 bits per heavy atom. The van der Waals surface area contributed by atoms with Gasteiger partial charge in [0.1, 0.15) is 17.9 Å². The van der Waals surface area contributed by atoms with E-state index in [-0.39, 0.29) is 11.6 Å². The largest absolute Gasteiger partial charge is 0.435 e. The molecule has 0 radical (unpaired) electrons. The third kappa shape index (κ3) is 4.99. The number of benzene rings is 2. The van der Waals surface area contributed by atoms with Gasteiger partial charge in [0.05, 0.1) is 5.69 Å². The van der Waals surface area contributed by atoms with Crippen LogP contribution in [0.15, 0.2) is 58.5 Å². The predicted octanol–water partition coefficient (Wildman–Crippen LogP) is 3.35. The molecule has 0 amide bonds. The molecule has 0 fully saturated rings. The van der Waals surface area contributed by atoms with Gasteiger partial charge in [-0.25, -0.2) is 9.98 Å². The first-order valence-corrected chi connectivity index (χ1v) is 6.60. The molecule has 0 aliphatic heterocycles. The van der Waals surface area contributed by atoms with Gasteiger partial charge < -0.3 is 15.9 Å². The number of amidine groups is 1. The van der Waals surface area contributed by atoms with Gasteiger partial charge in [0.25, 0.3) is 0 Å². The van der Waals surface area contributed by atoms with Crippen LogP contribution in [0, 0.1) is 5.41 Å². The highest BCUT2D eigenvalue weighted by Crippen LogP contribution is 2.19. The standard InChI is InChI=1S/C16H14F2N4O/c17-16(18)23-14-7-5-13(6-8-14)21-10-22-15(20)12-3-1-11(9-19)2-4-12/h1-10,16,19H,(H2,20,21,22). The van der Waals surface area contributed by atoms with Crippen molar-refractivity contribution in [3.8, 4) is 5.75 Å². The number of nitrogens with two attached hydrogens (primary N) is 1. The minimum atomic E-state index is -2.85. The molecule has 3 N–H and O–H groups in total. The first kappa shape index (κ1) is 16.3. The van der Waals surface area contributed by atoms with E-state index in [1.165, 1.54) is 36.8 Å². The molecule has 5 nitrogen and oxygen atoms in total. The number of nitrogens with zero attached hydrogens (tertiary/aromatic N) is 2. The Balaban J connectivity index is 2.02. The average molecular weight is 316 g/mol. The summed E-state index contributed by atoms with van der Waals surface area (Å²) in [6, 6.07) is 12.8. The highest BCUT2D eigenvalue weighted by Gasteiger charge is 2.03. The molecule has 0 aliphatic rings. The van der Waals surface area contributed by atoms with Gasteiger partial charge in [-0.2, -0.15) is 8.78 Å². The number of ether oxygens (including phenoxy) is 1. The first-order valence-electron chi connectivity index (χ1n) is 6.60. The van der Waals surface area contributed by atoms with Gasteiger partial charge in [-0.05, 0) is 29.8 Å². The van der Waals surface area contributed by atoms with E-state index in [4.69, 9.17) is 11.1 Å². The fourth-order valence-electron chi connectivity index (χ4n) is 1.70. The molecule has 2 aromatic carbocycles. The summed E-state index contributed by atoms with van der Waals surface area (Å²) in [6.45, 7) is -2.85. The summed E-state index contributed by atoms with van der Waals surface area (Å²) in [6.07, 6.45) is 2.52. The van der Waals surface area contributed by atoms with Crippen molar-refractivity contribution in [3.05, 3.63) is 59.7 Å². The Hall–Kier alpha value is -3.09. The fraction of sp³-hybridized carbons (Fsp3) is 0.0625. The normalized spacial score (nSPS) is 11.9. The molecule has 0 atom stereocenters. The lowest BCUT2D eigenvalue weighted by atomic mass is 10.1. The lowest BCUT2D eigenvalue weighted by Crippen LogP contribution is -2.13. The molecule has 23 heavy (non-hydrogen) atoms. The smallest absolute Gasteiger partial charge is 0.387 e. The lowest BCUT2D eigenvalue weighted by molar-refractivity contribution is -0.0498. The molecule has 0 saturated heterocycles. The minimum absolute atomic E-state index is 0.0632. The Labute approximate surface area is 131 Å². The Morgan fingerprint density at radius 2 is 1.74 bits per heavy atom. The summed E-state index contributed by atoms with van der Waals surface area (Å²) < 4.78 is 28.3. The number of hydrogen-bond donors (Lipinski definition) is 2. The van der Waals surface area contributed by atoms with Crippen LogP contribution in [-0.2, 0) is 0 Å². The van der Waals surface area contributed by atoms with Gasteiger partial charge in [0, 0.05) is 11.8 Å². The van der Waals surface area contributed by atoms with Crippen LogP contribution in [0.1, 0.15) is 11.1 Å². The predicted molar refractivity (Wildman–Crippen MR) is 86.3 cm³/mol. The van der Waals surface area contributed by atoms with E-state index >= 15 is 0 Å². The number of rotatable bonds is 6. The van der Waals surface area contributed by atoms with Gasteiger partial charge in [-0.15, -0.1) is 0 Å². The minimum Gasteiger partial charge on any atom is -0.435 e. The quantitative estimate of drug-likeness (QED) is 0.632. The molecule has 0 aromatic heterocycles. The highest BCUT2D eigenvalue weighted by molar-refractivity contribution is 6.01. The van der Waals surface area contributed by atoms with E-state index in [1.807, 2.05) is 0 Å². The average Bonchev–Trinajstić information content (AvgIpc) is 2.56. The Morgan fingerprint density at radius 3 is 2.30 bits per heavy atom. The van der Waals surface area contributed by atoms with Crippen molar-refractivity contribution >= 4 is 24.1 Å². The molecule has 0 saturated carbocycles. The number of alkyl halides is 2. The van der Waals surface area contributed by atoms with Crippen molar-refractivity contribution in [2.45, 2.75) is 6.61 Å². The number of halogens is 2. The Bertz CT molecular complexity index is 710. The van der Waals surface area contributed by atoms with Crippen LogP contribution in [0.5, 0.6) is 5.75 Å². The van der Waals surface area contributed by atoms with Crippen LogP contribution in [0.3, 0.4) is 0 Å². The van der Waals surface area contributed by atoms with Crippen molar-refractivity contribution < 1.29 is 13.5 Å². The van der Waals surface area contributed by atoms with Crippen molar-refractivity contribution in [2.75, 3.05) is 0 Å². The maximum Gasteiger partial charge on any atom is 0.387 e. The number of hydrogen-bond acceptors (Lipinski definition) is 3. The summed E-state index contributed by atoms with van der Waals surface area (Å²) in [5.74, 6) is 0.344. The van der Waals surface area contributed by atoms with Gasteiger partial charge >= 0.3 is 6.61 Å². The highest BCUT2D eigenvalue weighted by atomic mass is 19.3. The number of aliphatic imine (C=N–C) groups is 2. The van der Waals surface area contributed by atoms with E-state index in [0.717, 1.165) is 5.56 Å². The van der Waals surface area contributed by atoms with Crippen LogP contribution in [-0.4, -0.2) is 25.0 Å². The summed E-state index contributed by atoms with van der Waals surface area (Å²) in [7, 11) is 0. The van der Waals surface area contributed by atoms with E-state index in [9.17, 15) is 8.78 Å². The van der Waals surface area contributed by atoms with Crippen LogP contribution < -0.4 is 10.5 Å². The van der Waals surface area contributed by atoms with Gasteiger partial charge in [-0.1, -0.05) is 24.3 Å². The topological polar surface area (TPSA) is 83.8 Å². The van der Waals surface area contributed by atoms with Crippen LogP contribution in [0.2, 0.25) is 0 Å². The van der Waals surface area contributed by atoms with Crippen molar-refractivity contribution in [1.29, 1.82) is 5.41 Å². The molecule has 0 aliphatic carbocycles. The second-order valence-corrected chi connectivity index (χ2v) is 4.40. The zero-order chi connectivity index (χ0) is 16.7. The van der Waals surface area contributed by atoms with Gasteiger partial charge in [0.15, 0.2) is 0 Å². The first-order chi connectivity index (χ1) is 11.1. The molecular formula is C16H14F2N4O. The van der Waals surface area contributed by atoms with Crippen LogP contribution in [0.25, 0.3) is 0 Å². The summed E-state index contributed by atoms with van der Waals surface area (Å²) in [5, 5.41) is 7.12. The van der Waals surface area contributed by atoms with Crippen molar-refractivity contribution in [2.24, 2.45) is 15.7 Å². The van der Waals surface area contributed by atoms with E-state index in [1.54, 1.807) is 24.3 Å². The Kier molecular flexibility index (Phi) is 5.51. The van der Waals surface area contributed by atoms with E-state index in [2.05, 4.69) is 14.7 Å². The summed E-state index contributed by atoms with van der Waals surface area (Å²) >= 11 is 0. The monoisotopic (exact) mass is 316 g/mol. The molecule has 118 valence electrons. The summed E-state index contributed by atoms with van der Waals surface area (Å²) in [4.78, 5) is 8.06. The SMILES string of the molecule is N=Cc1ccc(C(N)=NC=Nc2ccc(OC(F)F)cc2)cc1. The third-order valence-corrected chi connectivity index (χ3v) is 2.84. The van der Waals surface area contributed by atoms with Gasteiger partial charge in [-0.3, -0.25) is 0 Å². The second kappa shape index (κ2) is 7.79. The zero-order valence-electron chi connectivity index (χ0n) is 12.0. The molecule has 7 heteroatoms. The molecule has 2 aromatic rings. The molecular weight excluding hydrogens is 302 g/mol. The molecule has 0 heterocycles. The maximum absolute atomic E-state index is 12.0. The van der Waals surface area contributed by atoms with Crippen molar-refractivity contribution in [1.82, 2.24) is 0 Å². The lowest BCUT2D eigenvalue weighted by Gasteiger charge is -2.03. The van der Waals surface area contributed by atoms with Crippen molar-refractivity contribution in [3.63, 3.8) is 0 Å². The van der Waals surface area contributed by atoms with Crippen LogP contribution >= 0.6 is 0 Å². The second-order valence-electron chi connectivity index (χ2n) is 4.40. The third-order valence-electron chi connectivity index (χ3n) is 2.84. The maximum atomic E-state index is 12.0. The fourth-order valence-corrected chi connectivity index (χ4v) is 1.70. The van der Waals surface area contributed by atoms with Crippen LogP contribution in [0.4, 0.5) is 14.5 Å². The van der Waals surface area contributed by atoms with E-state index < -0.39 is 6.61 Å². The number of nitrogens with one attached hydrogen (secondary N) is 1. The molecule has 0 spiro atoms. The molecule has 0 bridgehead atoms. The summed E-state index contributed by atoms with van der Waals surface area (Å²) in [5.41, 5.74) is 7.83. The van der Waals surface area contributed by atoms with E-state index in [0.29, 0.717) is 11.3 Å². The van der Waals surface area contributed by atoms with Gasteiger partial charge in [0.2, 0.25) is 0 Å². The molecule has 2 rings (SSSR count).